The van der Waals surface area contributed by atoms with Gasteiger partial charge in [0.15, 0.2) is 5.82 Å². The van der Waals surface area contributed by atoms with Crippen LogP contribution in [0.15, 0.2) is 29.4 Å². The number of ether oxygens (including phenoxy) is 1. The third kappa shape index (κ3) is 3.66. The fraction of sp³-hybridized carbons (Fsp3) is 0.308. The number of rotatable bonds is 6. The number of nitrogen functional groups attached to an aromatic ring is 1. The Bertz CT molecular complexity index is 627. The summed E-state index contributed by atoms with van der Waals surface area (Å²) in [6, 6.07) is 7.55. The maximum atomic E-state index is 10.8. The molecule has 8 heteroatoms. The first-order chi connectivity index (χ1) is 10.0. The Labute approximate surface area is 126 Å². The number of thioether (sulfide) groups is 1. The molecule has 21 heavy (non-hydrogen) atoms. The van der Waals surface area contributed by atoms with E-state index in [0.717, 1.165) is 23.1 Å². The summed E-state index contributed by atoms with van der Waals surface area (Å²) < 4.78 is 6.42. The number of carboxylic acid groups (broad SMARTS) is 1. The zero-order valence-corrected chi connectivity index (χ0v) is 12.5. The second-order valence-electron chi connectivity index (χ2n) is 4.39. The van der Waals surface area contributed by atoms with Crippen LogP contribution < -0.4 is 10.6 Å². The van der Waals surface area contributed by atoms with Gasteiger partial charge in [-0.3, -0.25) is 4.79 Å². The summed E-state index contributed by atoms with van der Waals surface area (Å²) in [5, 5.41) is 16.6. The van der Waals surface area contributed by atoms with Crippen molar-refractivity contribution in [2.24, 2.45) is 0 Å². The van der Waals surface area contributed by atoms with Crippen molar-refractivity contribution >= 4 is 17.7 Å². The van der Waals surface area contributed by atoms with E-state index in [0.29, 0.717) is 17.4 Å². The Morgan fingerprint density at radius 1 is 1.43 bits per heavy atom. The summed E-state index contributed by atoms with van der Waals surface area (Å²) in [5.74, 6) is 6.34. The van der Waals surface area contributed by atoms with E-state index in [2.05, 4.69) is 10.2 Å². The molecule has 1 atom stereocenters. The molecule has 0 aliphatic rings. The van der Waals surface area contributed by atoms with Gasteiger partial charge >= 0.3 is 5.97 Å². The van der Waals surface area contributed by atoms with Crippen LogP contribution in [0.25, 0.3) is 0 Å². The van der Waals surface area contributed by atoms with Crippen molar-refractivity contribution in [2.45, 2.75) is 23.8 Å². The fourth-order valence-electron chi connectivity index (χ4n) is 1.64. The molecule has 0 bridgehead atoms. The molecular formula is C13H16N4O3S. The van der Waals surface area contributed by atoms with E-state index >= 15 is 0 Å². The Balaban J connectivity index is 2.10. The van der Waals surface area contributed by atoms with Crippen LogP contribution in [0, 0.1) is 0 Å². The number of nitrogens with zero attached hydrogens (tertiary/aromatic N) is 3. The number of carboxylic acids is 1. The molecule has 1 heterocycles. The van der Waals surface area contributed by atoms with Gasteiger partial charge in [0.05, 0.1) is 7.11 Å². The third-order valence-corrected chi connectivity index (χ3v) is 3.93. The predicted molar refractivity (Wildman–Crippen MR) is 78.9 cm³/mol. The van der Waals surface area contributed by atoms with Crippen molar-refractivity contribution < 1.29 is 14.6 Å². The summed E-state index contributed by atoms with van der Waals surface area (Å²) in [6.07, 6.45) is 0.509. The van der Waals surface area contributed by atoms with Gasteiger partial charge in [0.25, 0.3) is 0 Å². The predicted octanol–water partition coefficient (Wildman–Crippen LogP) is 1.16. The van der Waals surface area contributed by atoms with E-state index in [4.69, 9.17) is 15.7 Å². The van der Waals surface area contributed by atoms with Gasteiger partial charge in [-0.15, -0.1) is 10.2 Å². The molecule has 3 N–H and O–H groups in total. The number of hydrogen-bond acceptors (Lipinski definition) is 6. The highest BCUT2D eigenvalue weighted by molar-refractivity contribution is 8.00. The number of aromatic nitrogens is 3. The molecule has 0 saturated carbocycles. The number of hydrogen-bond donors (Lipinski definition) is 2. The average Bonchev–Trinajstić information content (AvgIpc) is 2.81. The smallest absolute Gasteiger partial charge is 0.316 e. The highest BCUT2D eigenvalue weighted by atomic mass is 32.2. The molecule has 112 valence electrons. The molecule has 0 amide bonds. The van der Waals surface area contributed by atoms with Crippen LogP contribution in [0.3, 0.4) is 0 Å². The zero-order valence-electron chi connectivity index (χ0n) is 11.7. The Morgan fingerprint density at radius 3 is 2.67 bits per heavy atom. The highest BCUT2D eigenvalue weighted by Crippen LogP contribution is 2.21. The van der Waals surface area contributed by atoms with Crippen LogP contribution in [0.1, 0.15) is 18.3 Å². The van der Waals surface area contributed by atoms with E-state index in [1.54, 1.807) is 14.0 Å². The fourth-order valence-corrected chi connectivity index (χ4v) is 2.37. The molecule has 1 aromatic heterocycles. The van der Waals surface area contributed by atoms with Crippen molar-refractivity contribution in [3.63, 3.8) is 0 Å². The van der Waals surface area contributed by atoms with Gasteiger partial charge in [0.1, 0.15) is 11.0 Å². The van der Waals surface area contributed by atoms with Crippen molar-refractivity contribution in [1.29, 1.82) is 0 Å². The van der Waals surface area contributed by atoms with Crippen molar-refractivity contribution in [2.75, 3.05) is 13.0 Å². The lowest BCUT2D eigenvalue weighted by atomic mass is 10.1. The zero-order chi connectivity index (χ0) is 15.4. The molecule has 0 aliphatic carbocycles. The molecule has 0 saturated heterocycles. The normalized spacial score (nSPS) is 12.1. The lowest BCUT2D eigenvalue weighted by Gasteiger charge is -2.06. The first-order valence-electron chi connectivity index (χ1n) is 6.23. The minimum absolute atomic E-state index is 0.383. The maximum absolute atomic E-state index is 10.8. The number of aliphatic carboxylic acids is 1. The van der Waals surface area contributed by atoms with Gasteiger partial charge in [0.2, 0.25) is 5.16 Å². The van der Waals surface area contributed by atoms with Gasteiger partial charge in [0, 0.05) is 6.42 Å². The summed E-state index contributed by atoms with van der Waals surface area (Å²) in [6.45, 7) is 1.57. The minimum atomic E-state index is -0.917. The van der Waals surface area contributed by atoms with Crippen LogP contribution in [0.2, 0.25) is 0 Å². The second kappa shape index (κ2) is 6.49. The SMILES string of the molecule is COc1ccc(Cc2nnc(SC(C)C(=O)O)n2N)cc1. The van der Waals surface area contributed by atoms with Gasteiger partial charge < -0.3 is 15.7 Å². The highest BCUT2D eigenvalue weighted by Gasteiger charge is 2.18. The van der Waals surface area contributed by atoms with Crippen molar-refractivity contribution in [1.82, 2.24) is 14.9 Å². The summed E-state index contributed by atoms with van der Waals surface area (Å²) >= 11 is 1.06. The topological polar surface area (TPSA) is 103 Å². The average molecular weight is 308 g/mol. The Morgan fingerprint density at radius 2 is 2.10 bits per heavy atom. The quantitative estimate of drug-likeness (QED) is 0.609. The lowest BCUT2D eigenvalue weighted by molar-refractivity contribution is -0.136. The number of methoxy groups -OCH3 is 1. The first-order valence-corrected chi connectivity index (χ1v) is 7.11. The summed E-state index contributed by atoms with van der Waals surface area (Å²) in [5.41, 5.74) is 1.01. The van der Waals surface area contributed by atoms with Gasteiger partial charge in [-0.1, -0.05) is 23.9 Å². The van der Waals surface area contributed by atoms with E-state index in [-0.39, 0.29) is 0 Å². The largest absolute Gasteiger partial charge is 0.497 e. The third-order valence-electron chi connectivity index (χ3n) is 2.89. The molecule has 2 aromatic rings. The molecule has 2 rings (SSSR count). The van der Waals surface area contributed by atoms with E-state index < -0.39 is 11.2 Å². The molecule has 1 unspecified atom stereocenters. The standard InChI is InChI=1S/C13H16N4O3S/c1-8(12(18)19)21-13-16-15-11(17(13)14)7-9-3-5-10(20-2)6-4-9/h3-6,8H,7,14H2,1-2H3,(H,18,19). The van der Waals surface area contributed by atoms with Crippen LogP contribution >= 0.6 is 11.8 Å². The van der Waals surface area contributed by atoms with Crippen LogP contribution in [-0.4, -0.2) is 38.3 Å². The molecule has 0 radical (unpaired) electrons. The van der Waals surface area contributed by atoms with Gasteiger partial charge in [-0.05, 0) is 24.6 Å². The summed E-state index contributed by atoms with van der Waals surface area (Å²) in [7, 11) is 1.61. The number of nitrogens with two attached hydrogens (primary N) is 1. The van der Waals surface area contributed by atoms with Gasteiger partial charge in [-0.2, -0.15) is 0 Å². The molecule has 7 nitrogen and oxygen atoms in total. The summed E-state index contributed by atoms with van der Waals surface area (Å²) in [4.78, 5) is 10.8. The van der Waals surface area contributed by atoms with Gasteiger partial charge in [-0.25, -0.2) is 4.68 Å². The van der Waals surface area contributed by atoms with Crippen LogP contribution in [0.5, 0.6) is 5.75 Å². The molecule has 1 aromatic carbocycles. The van der Waals surface area contributed by atoms with Crippen molar-refractivity contribution in [3.05, 3.63) is 35.7 Å². The lowest BCUT2D eigenvalue weighted by Crippen LogP contribution is -2.17. The Kier molecular flexibility index (Phi) is 4.69. The van der Waals surface area contributed by atoms with E-state index in [1.165, 1.54) is 4.68 Å². The van der Waals surface area contributed by atoms with Crippen LogP contribution in [0.4, 0.5) is 0 Å². The monoisotopic (exact) mass is 308 g/mol. The number of carbonyl (C=O) groups is 1. The molecule has 0 spiro atoms. The van der Waals surface area contributed by atoms with Crippen molar-refractivity contribution in [3.8, 4) is 5.75 Å². The number of benzene rings is 1. The molecule has 0 aliphatic heterocycles. The molecule has 0 fully saturated rings. The van der Waals surface area contributed by atoms with E-state index in [9.17, 15) is 4.79 Å². The second-order valence-corrected chi connectivity index (χ2v) is 5.70. The first kappa shape index (κ1) is 15.2. The molecular weight excluding hydrogens is 292 g/mol. The minimum Gasteiger partial charge on any atom is -0.497 e. The van der Waals surface area contributed by atoms with Crippen LogP contribution in [-0.2, 0) is 11.2 Å². The maximum Gasteiger partial charge on any atom is 0.316 e. The Hall–Kier alpha value is -2.22. The van der Waals surface area contributed by atoms with E-state index in [1.807, 2.05) is 24.3 Å².